The molecule has 0 amide bonds. The van der Waals surface area contributed by atoms with E-state index in [2.05, 4.69) is 36.7 Å². The summed E-state index contributed by atoms with van der Waals surface area (Å²) in [5.41, 5.74) is 4.75. The van der Waals surface area contributed by atoms with Gasteiger partial charge in [-0.1, -0.05) is 69.6 Å². The third-order valence-corrected chi connectivity index (χ3v) is 5.06. The van der Waals surface area contributed by atoms with Gasteiger partial charge in [0.1, 0.15) is 0 Å². The Kier molecular flexibility index (Phi) is 5.95. The van der Waals surface area contributed by atoms with Crippen LogP contribution in [0.2, 0.25) is 5.02 Å². The number of nitrogens with two attached hydrogens (primary N) is 1. The van der Waals surface area contributed by atoms with Crippen LogP contribution in [0.4, 0.5) is 5.95 Å². The Bertz CT molecular complexity index is 898. The van der Waals surface area contributed by atoms with Gasteiger partial charge in [0.25, 0.3) is 5.95 Å². The number of hydrogen-bond acceptors (Lipinski definition) is 6. The highest BCUT2D eigenvalue weighted by Gasteiger charge is 2.10. The fourth-order valence-electron chi connectivity index (χ4n) is 1.96. The minimum Gasteiger partial charge on any atom is -0.334 e. The monoisotopic (exact) mass is 436 g/mol. The highest BCUT2D eigenvalue weighted by Crippen LogP contribution is 2.25. The first-order valence-electron chi connectivity index (χ1n) is 7.25. The zero-order valence-corrected chi connectivity index (χ0v) is 16.1. The van der Waals surface area contributed by atoms with Crippen LogP contribution < -0.4 is 11.3 Å². The molecule has 0 unspecified atom stereocenters. The quantitative estimate of drug-likeness (QED) is 0.262. The molecule has 3 aromatic rings. The van der Waals surface area contributed by atoms with Gasteiger partial charge in [0.05, 0.1) is 6.21 Å². The fraction of sp³-hybridized carbons (Fsp3) is 0.0625. The average molecular weight is 438 g/mol. The maximum Gasteiger partial charge on any atom is 0.264 e. The van der Waals surface area contributed by atoms with Crippen LogP contribution in [0.5, 0.6) is 0 Å². The number of benzene rings is 2. The summed E-state index contributed by atoms with van der Waals surface area (Å²) in [6.07, 6.45) is 1.68. The van der Waals surface area contributed by atoms with Gasteiger partial charge >= 0.3 is 0 Å². The molecular weight excluding hydrogens is 424 g/mol. The molecule has 0 fully saturated rings. The van der Waals surface area contributed by atoms with Crippen molar-refractivity contribution in [3.8, 4) is 0 Å². The number of thioether (sulfide) groups is 1. The Morgan fingerprint density at radius 1 is 1.24 bits per heavy atom. The molecule has 3 rings (SSSR count). The molecule has 0 aliphatic carbocycles. The molecule has 2 aromatic carbocycles. The Hall–Kier alpha value is -2.03. The SMILES string of the molecule is Nn1c(N/N=C/c2cccc(Br)c2)nnc1SCc1ccccc1Cl. The van der Waals surface area contributed by atoms with E-state index in [0.29, 0.717) is 16.9 Å². The zero-order chi connectivity index (χ0) is 17.6. The lowest BCUT2D eigenvalue weighted by Crippen LogP contribution is -2.13. The summed E-state index contributed by atoms with van der Waals surface area (Å²) < 4.78 is 2.34. The number of halogens is 2. The van der Waals surface area contributed by atoms with Crippen LogP contribution in [-0.4, -0.2) is 21.1 Å². The van der Waals surface area contributed by atoms with E-state index in [9.17, 15) is 0 Å². The van der Waals surface area contributed by atoms with E-state index >= 15 is 0 Å². The Labute approximate surface area is 162 Å². The second kappa shape index (κ2) is 8.37. The van der Waals surface area contributed by atoms with Gasteiger partial charge in [-0.25, -0.2) is 10.1 Å². The van der Waals surface area contributed by atoms with Crippen LogP contribution in [0, 0.1) is 0 Å². The molecule has 128 valence electrons. The van der Waals surface area contributed by atoms with Gasteiger partial charge in [-0.05, 0) is 29.3 Å². The lowest BCUT2D eigenvalue weighted by Gasteiger charge is -2.04. The predicted molar refractivity (Wildman–Crippen MR) is 107 cm³/mol. The van der Waals surface area contributed by atoms with Crippen LogP contribution in [-0.2, 0) is 5.75 Å². The van der Waals surface area contributed by atoms with Gasteiger partial charge in [0.15, 0.2) is 0 Å². The molecular formula is C16H14BrClN6S. The molecule has 25 heavy (non-hydrogen) atoms. The second-order valence-corrected chi connectivity index (χ2v) is 7.25. The molecule has 0 atom stereocenters. The summed E-state index contributed by atoms with van der Waals surface area (Å²) in [6.45, 7) is 0. The van der Waals surface area contributed by atoms with Gasteiger partial charge in [0, 0.05) is 15.2 Å². The molecule has 1 heterocycles. The number of anilines is 1. The summed E-state index contributed by atoms with van der Waals surface area (Å²) in [5, 5.41) is 13.5. The van der Waals surface area contributed by atoms with E-state index in [-0.39, 0.29) is 0 Å². The topological polar surface area (TPSA) is 81.1 Å². The van der Waals surface area contributed by atoms with Gasteiger partial charge in [-0.15, -0.1) is 10.2 Å². The Balaban J connectivity index is 1.62. The van der Waals surface area contributed by atoms with Gasteiger partial charge in [0.2, 0.25) is 5.16 Å². The van der Waals surface area contributed by atoms with E-state index in [0.717, 1.165) is 20.6 Å². The predicted octanol–water partition coefficient (Wildman–Crippen LogP) is 4.15. The number of nitrogens with one attached hydrogen (secondary N) is 1. The van der Waals surface area contributed by atoms with Crippen LogP contribution in [0.15, 0.2) is 63.3 Å². The van der Waals surface area contributed by atoms with Crippen molar-refractivity contribution in [1.29, 1.82) is 0 Å². The van der Waals surface area contributed by atoms with E-state index in [1.807, 2.05) is 48.5 Å². The van der Waals surface area contributed by atoms with Gasteiger partial charge in [-0.2, -0.15) is 5.10 Å². The van der Waals surface area contributed by atoms with Crippen LogP contribution in [0.1, 0.15) is 11.1 Å². The molecule has 0 aliphatic rings. The molecule has 6 nitrogen and oxygen atoms in total. The van der Waals surface area contributed by atoms with Crippen molar-refractivity contribution in [1.82, 2.24) is 14.9 Å². The minimum absolute atomic E-state index is 0.355. The number of nitrogen functional groups attached to an aromatic ring is 1. The van der Waals surface area contributed by atoms with Crippen molar-refractivity contribution in [2.24, 2.45) is 5.10 Å². The summed E-state index contributed by atoms with van der Waals surface area (Å²) >= 11 is 11.0. The maximum absolute atomic E-state index is 6.15. The number of rotatable bonds is 6. The van der Waals surface area contributed by atoms with Crippen LogP contribution in [0.3, 0.4) is 0 Å². The van der Waals surface area contributed by atoms with Crippen molar-refractivity contribution in [3.05, 3.63) is 69.2 Å². The normalized spacial score (nSPS) is 11.1. The second-order valence-electron chi connectivity index (χ2n) is 4.98. The summed E-state index contributed by atoms with van der Waals surface area (Å²) in [4.78, 5) is 0. The lowest BCUT2D eigenvalue weighted by atomic mass is 10.2. The average Bonchev–Trinajstić information content (AvgIpc) is 2.95. The number of nitrogens with zero attached hydrogens (tertiary/aromatic N) is 4. The first kappa shape index (κ1) is 17.8. The highest BCUT2D eigenvalue weighted by molar-refractivity contribution is 9.10. The largest absolute Gasteiger partial charge is 0.334 e. The number of aromatic nitrogens is 3. The van der Waals surface area contributed by atoms with Crippen molar-refractivity contribution >= 4 is 51.5 Å². The number of hydrogen-bond donors (Lipinski definition) is 2. The van der Waals surface area contributed by atoms with Crippen molar-refractivity contribution in [2.45, 2.75) is 10.9 Å². The summed E-state index contributed by atoms with van der Waals surface area (Å²) in [6, 6.07) is 15.4. The van der Waals surface area contributed by atoms with Crippen molar-refractivity contribution in [3.63, 3.8) is 0 Å². The van der Waals surface area contributed by atoms with E-state index in [1.54, 1.807) is 6.21 Å². The summed E-state index contributed by atoms with van der Waals surface area (Å²) in [5.74, 6) is 7.01. The van der Waals surface area contributed by atoms with Crippen LogP contribution >= 0.6 is 39.3 Å². The minimum atomic E-state index is 0.355. The number of hydrazone groups is 1. The Morgan fingerprint density at radius 2 is 2.08 bits per heavy atom. The molecule has 0 spiro atoms. The van der Waals surface area contributed by atoms with Gasteiger partial charge < -0.3 is 5.84 Å². The smallest absolute Gasteiger partial charge is 0.264 e. The van der Waals surface area contributed by atoms with E-state index < -0.39 is 0 Å². The fourth-order valence-corrected chi connectivity index (χ4v) is 3.52. The van der Waals surface area contributed by atoms with Crippen molar-refractivity contribution < 1.29 is 0 Å². The molecule has 3 N–H and O–H groups in total. The summed E-state index contributed by atoms with van der Waals surface area (Å²) in [7, 11) is 0. The molecule has 9 heteroatoms. The molecule has 0 bridgehead atoms. The van der Waals surface area contributed by atoms with Gasteiger partial charge in [-0.3, -0.25) is 0 Å². The molecule has 0 aliphatic heterocycles. The first-order valence-corrected chi connectivity index (χ1v) is 9.40. The van der Waals surface area contributed by atoms with Crippen LogP contribution in [0.25, 0.3) is 0 Å². The standard InChI is InChI=1S/C16H14BrClN6S/c17-13-6-3-4-11(8-13)9-20-21-15-22-23-16(24(15)19)25-10-12-5-1-2-7-14(12)18/h1-9H,10,19H2,(H,21,22)/b20-9+. The van der Waals surface area contributed by atoms with E-state index in [4.69, 9.17) is 17.4 Å². The Morgan fingerprint density at radius 3 is 2.88 bits per heavy atom. The third kappa shape index (κ3) is 4.75. The molecule has 1 aromatic heterocycles. The van der Waals surface area contributed by atoms with Crippen molar-refractivity contribution in [2.75, 3.05) is 11.3 Å². The highest BCUT2D eigenvalue weighted by atomic mass is 79.9. The molecule has 0 saturated carbocycles. The zero-order valence-electron chi connectivity index (χ0n) is 12.9. The molecule has 0 radical (unpaired) electrons. The first-order chi connectivity index (χ1) is 12.1. The van der Waals surface area contributed by atoms with E-state index in [1.165, 1.54) is 16.4 Å². The lowest BCUT2D eigenvalue weighted by molar-refractivity contribution is 0.847. The third-order valence-electron chi connectivity index (χ3n) is 3.21. The molecule has 0 saturated heterocycles. The maximum atomic E-state index is 6.15.